The molecule has 1 fully saturated rings. The molecule has 0 aliphatic heterocycles. The van der Waals surface area contributed by atoms with Crippen LogP contribution in [0.15, 0.2) is 36.5 Å². The van der Waals surface area contributed by atoms with Gasteiger partial charge in [0.05, 0.1) is 11.9 Å². The van der Waals surface area contributed by atoms with Crippen LogP contribution in [-0.4, -0.2) is 17.2 Å². The Labute approximate surface area is 94.9 Å². The minimum atomic E-state index is 0.165. The molecule has 3 rings (SSSR count). The van der Waals surface area contributed by atoms with Crippen LogP contribution in [0.4, 0.5) is 0 Å². The molecule has 1 aromatic carbocycles. The lowest BCUT2D eigenvalue weighted by Crippen LogP contribution is -2.24. The Morgan fingerprint density at radius 2 is 2.00 bits per heavy atom. The van der Waals surface area contributed by atoms with Crippen LogP contribution in [0.25, 0.3) is 11.3 Å². The highest BCUT2D eigenvalue weighted by Crippen LogP contribution is 2.47. The molecule has 2 aromatic rings. The molecule has 82 valence electrons. The van der Waals surface area contributed by atoms with E-state index in [1.54, 1.807) is 0 Å². The van der Waals surface area contributed by atoms with E-state index in [-0.39, 0.29) is 5.54 Å². The van der Waals surface area contributed by atoms with Gasteiger partial charge in [0.15, 0.2) is 0 Å². The van der Waals surface area contributed by atoms with E-state index >= 15 is 0 Å². The van der Waals surface area contributed by atoms with Crippen LogP contribution < -0.4 is 5.32 Å². The summed E-state index contributed by atoms with van der Waals surface area (Å²) >= 11 is 0. The fraction of sp³-hybridized carbons (Fsp3) is 0.308. The number of nitrogens with zero attached hydrogens (tertiary/aromatic N) is 1. The maximum atomic E-state index is 4.19. The first kappa shape index (κ1) is 9.60. The highest BCUT2D eigenvalue weighted by molar-refractivity contribution is 5.64. The van der Waals surface area contributed by atoms with Crippen molar-refractivity contribution in [2.75, 3.05) is 7.05 Å². The molecule has 1 aromatic heterocycles. The molecule has 1 aliphatic rings. The van der Waals surface area contributed by atoms with Crippen molar-refractivity contribution >= 4 is 0 Å². The zero-order valence-electron chi connectivity index (χ0n) is 9.33. The summed E-state index contributed by atoms with van der Waals surface area (Å²) in [5.74, 6) is 0. The number of aromatic nitrogens is 2. The molecule has 1 saturated carbocycles. The number of nitrogens with one attached hydrogen (secondary N) is 2. The van der Waals surface area contributed by atoms with Crippen molar-refractivity contribution in [2.24, 2.45) is 0 Å². The first-order valence-corrected chi connectivity index (χ1v) is 5.64. The van der Waals surface area contributed by atoms with Gasteiger partial charge in [-0.15, -0.1) is 0 Å². The predicted molar refractivity (Wildman–Crippen MR) is 64.0 cm³/mol. The number of H-pyrrole nitrogens is 1. The Morgan fingerprint density at radius 3 is 2.62 bits per heavy atom. The molecule has 0 radical (unpaired) electrons. The van der Waals surface area contributed by atoms with E-state index in [4.69, 9.17) is 0 Å². The summed E-state index contributed by atoms with van der Waals surface area (Å²) in [6.07, 6.45) is 4.34. The molecular weight excluding hydrogens is 198 g/mol. The van der Waals surface area contributed by atoms with Gasteiger partial charge in [0.2, 0.25) is 0 Å². The number of hydrogen-bond donors (Lipinski definition) is 2. The maximum absolute atomic E-state index is 4.19. The third-order valence-electron chi connectivity index (χ3n) is 3.45. The number of rotatable bonds is 3. The largest absolute Gasteiger partial charge is 0.310 e. The van der Waals surface area contributed by atoms with E-state index in [0.29, 0.717) is 0 Å². The number of benzene rings is 1. The van der Waals surface area contributed by atoms with Gasteiger partial charge in [0, 0.05) is 11.1 Å². The van der Waals surface area contributed by atoms with Crippen molar-refractivity contribution in [1.82, 2.24) is 15.5 Å². The van der Waals surface area contributed by atoms with Crippen LogP contribution in [0.1, 0.15) is 18.4 Å². The van der Waals surface area contributed by atoms with Crippen molar-refractivity contribution in [3.63, 3.8) is 0 Å². The quantitative estimate of drug-likeness (QED) is 0.821. The zero-order valence-corrected chi connectivity index (χ0v) is 9.33. The van der Waals surface area contributed by atoms with E-state index in [0.717, 1.165) is 5.69 Å². The van der Waals surface area contributed by atoms with E-state index in [9.17, 15) is 0 Å². The monoisotopic (exact) mass is 213 g/mol. The molecule has 3 heteroatoms. The molecular formula is C13H15N3. The second-order valence-electron chi connectivity index (χ2n) is 4.36. The molecule has 0 atom stereocenters. The molecule has 2 N–H and O–H groups in total. The van der Waals surface area contributed by atoms with Gasteiger partial charge in [0.1, 0.15) is 0 Å². The SMILES string of the molecule is CNC1(c2cn[nH]c2-c2ccccc2)CC1. The molecule has 16 heavy (non-hydrogen) atoms. The smallest absolute Gasteiger partial charge is 0.0700 e. The zero-order chi connectivity index (χ0) is 11.0. The normalized spacial score (nSPS) is 17.3. The van der Waals surface area contributed by atoms with Crippen LogP contribution in [0.5, 0.6) is 0 Å². The second-order valence-corrected chi connectivity index (χ2v) is 4.36. The van der Waals surface area contributed by atoms with Gasteiger partial charge in [0.25, 0.3) is 0 Å². The van der Waals surface area contributed by atoms with Gasteiger partial charge < -0.3 is 5.32 Å². The van der Waals surface area contributed by atoms with Crippen molar-refractivity contribution in [3.05, 3.63) is 42.1 Å². The van der Waals surface area contributed by atoms with Gasteiger partial charge in [-0.25, -0.2) is 0 Å². The topological polar surface area (TPSA) is 40.7 Å². The average Bonchev–Trinajstić information content (AvgIpc) is 2.99. The summed E-state index contributed by atoms with van der Waals surface area (Å²) in [7, 11) is 2.02. The Morgan fingerprint density at radius 1 is 1.25 bits per heavy atom. The standard InChI is InChI=1S/C13H15N3/c1-14-13(7-8-13)11-9-15-16-12(11)10-5-3-2-4-6-10/h2-6,9,14H,7-8H2,1H3,(H,15,16). The van der Waals surface area contributed by atoms with Crippen molar-refractivity contribution < 1.29 is 0 Å². The highest BCUT2D eigenvalue weighted by atomic mass is 15.1. The summed E-state index contributed by atoms with van der Waals surface area (Å²) in [5.41, 5.74) is 3.81. The Balaban J connectivity index is 2.07. The average molecular weight is 213 g/mol. The van der Waals surface area contributed by atoms with Crippen LogP contribution >= 0.6 is 0 Å². The Hall–Kier alpha value is -1.61. The molecule has 0 saturated heterocycles. The molecule has 3 nitrogen and oxygen atoms in total. The van der Waals surface area contributed by atoms with Crippen molar-refractivity contribution in [1.29, 1.82) is 0 Å². The molecule has 0 unspecified atom stereocenters. The first-order chi connectivity index (χ1) is 7.86. The van der Waals surface area contributed by atoms with Crippen molar-refractivity contribution in [2.45, 2.75) is 18.4 Å². The third-order valence-corrected chi connectivity index (χ3v) is 3.45. The minimum Gasteiger partial charge on any atom is -0.310 e. The van der Waals surface area contributed by atoms with Crippen LogP contribution in [0.3, 0.4) is 0 Å². The predicted octanol–water partition coefficient (Wildman–Crippen LogP) is 2.29. The van der Waals surface area contributed by atoms with E-state index in [1.807, 2.05) is 19.3 Å². The summed E-state index contributed by atoms with van der Waals surface area (Å²) in [4.78, 5) is 0. The summed E-state index contributed by atoms with van der Waals surface area (Å²) in [6, 6.07) is 10.4. The lowest BCUT2D eigenvalue weighted by molar-refractivity contribution is 0.587. The molecule has 0 bridgehead atoms. The van der Waals surface area contributed by atoms with Gasteiger partial charge in [-0.05, 0) is 25.5 Å². The summed E-state index contributed by atoms with van der Waals surface area (Å²) < 4.78 is 0. The minimum absolute atomic E-state index is 0.165. The third kappa shape index (κ3) is 1.36. The van der Waals surface area contributed by atoms with Crippen molar-refractivity contribution in [3.8, 4) is 11.3 Å². The molecule has 1 heterocycles. The van der Waals surface area contributed by atoms with Gasteiger partial charge in [-0.3, -0.25) is 5.10 Å². The Kier molecular flexibility index (Phi) is 2.07. The van der Waals surface area contributed by atoms with Gasteiger partial charge in [-0.2, -0.15) is 5.10 Å². The van der Waals surface area contributed by atoms with E-state index in [2.05, 4.69) is 39.8 Å². The van der Waals surface area contributed by atoms with Gasteiger partial charge >= 0.3 is 0 Å². The number of aromatic amines is 1. The number of hydrogen-bond acceptors (Lipinski definition) is 2. The van der Waals surface area contributed by atoms with Crippen LogP contribution in [0, 0.1) is 0 Å². The van der Waals surface area contributed by atoms with Crippen LogP contribution in [-0.2, 0) is 5.54 Å². The van der Waals surface area contributed by atoms with E-state index < -0.39 is 0 Å². The van der Waals surface area contributed by atoms with Crippen LogP contribution in [0.2, 0.25) is 0 Å². The fourth-order valence-corrected chi connectivity index (χ4v) is 2.25. The second kappa shape index (κ2) is 3.46. The Bertz CT molecular complexity index is 483. The highest BCUT2D eigenvalue weighted by Gasteiger charge is 2.45. The maximum Gasteiger partial charge on any atom is 0.0700 e. The molecule has 1 aliphatic carbocycles. The molecule has 0 spiro atoms. The lowest BCUT2D eigenvalue weighted by atomic mass is 10.0. The van der Waals surface area contributed by atoms with E-state index in [1.165, 1.54) is 24.0 Å². The lowest BCUT2D eigenvalue weighted by Gasteiger charge is -2.14. The summed E-state index contributed by atoms with van der Waals surface area (Å²) in [5, 5.41) is 10.7. The summed E-state index contributed by atoms with van der Waals surface area (Å²) in [6.45, 7) is 0. The molecule has 0 amide bonds. The van der Waals surface area contributed by atoms with Gasteiger partial charge in [-0.1, -0.05) is 30.3 Å². The fourth-order valence-electron chi connectivity index (χ4n) is 2.25. The first-order valence-electron chi connectivity index (χ1n) is 5.64.